The first-order valence-corrected chi connectivity index (χ1v) is 2.96. The summed E-state index contributed by atoms with van der Waals surface area (Å²) in [5, 5.41) is 13.4. The summed E-state index contributed by atoms with van der Waals surface area (Å²) < 4.78 is 0. The molecule has 0 radical (unpaired) electrons. The minimum Gasteiger partial charge on any atom is -0.314 e. The highest BCUT2D eigenvalue weighted by atomic mass is 16.5. The van der Waals surface area contributed by atoms with Crippen molar-refractivity contribution in [2.45, 2.75) is 13.0 Å². The van der Waals surface area contributed by atoms with E-state index in [0.717, 1.165) is 19.6 Å². The summed E-state index contributed by atoms with van der Waals surface area (Å²) in [6.45, 7) is 4.46. The maximum Gasteiger partial charge on any atom is 0.0390 e. The molecule has 1 aliphatic rings. The average Bonchev–Trinajstić information content (AvgIpc) is 1.64. The minimum atomic E-state index is 0.439. The van der Waals surface area contributed by atoms with E-state index in [9.17, 15) is 0 Å². The monoisotopic (exact) mass is 116 g/mol. The van der Waals surface area contributed by atoms with Gasteiger partial charge in [-0.05, 0) is 6.92 Å². The van der Waals surface area contributed by atoms with Crippen LogP contribution in [0.3, 0.4) is 0 Å². The maximum absolute atomic E-state index is 8.87. The fourth-order valence-corrected chi connectivity index (χ4v) is 0.912. The van der Waals surface area contributed by atoms with Crippen LogP contribution in [0.4, 0.5) is 0 Å². The van der Waals surface area contributed by atoms with Crippen LogP contribution in [0.1, 0.15) is 6.92 Å². The van der Waals surface area contributed by atoms with Gasteiger partial charge in [0.15, 0.2) is 0 Å². The van der Waals surface area contributed by atoms with E-state index in [1.54, 1.807) is 0 Å². The molecule has 1 atom stereocenters. The second kappa shape index (κ2) is 2.44. The van der Waals surface area contributed by atoms with Crippen molar-refractivity contribution in [3.63, 3.8) is 0 Å². The normalized spacial score (nSPS) is 33.0. The molecule has 3 nitrogen and oxygen atoms in total. The molecular formula is C5H12N2O. The van der Waals surface area contributed by atoms with Crippen LogP contribution in [0.2, 0.25) is 0 Å². The highest BCUT2D eigenvalue weighted by Gasteiger charge is 2.11. The molecule has 0 saturated carbocycles. The molecule has 0 amide bonds. The maximum atomic E-state index is 8.87. The van der Waals surface area contributed by atoms with E-state index in [4.69, 9.17) is 5.21 Å². The van der Waals surface area contributed by atoms with Crippen LogP contribution in [-0.2, 0) is 0 Å². The quantitative estimate of drug-likeness (QED) is 0.455. The van der Waals surface area contributed by atoms with Crippen LogP contribution in [0.25, 0.3) is 0 Å². The lowest BCUT2D eigenvalue weighted by Crippen LogP contribution is -2.47. The van der Waals surface area contributed by atoms with Crippen molar-refractivity contribution in [1.82, 2.24) is 10.4 Å². The molecule has 1 rings (SSSR count). The van der Waals surface area contributed by atoms with Crippen molar-refractivity contribution in [2.24, 2.45) is 0 Å². The molecule has 1 fully saturated rings. The Morgan fingerprint density at radius 2 is 2.50 bits per heavy atom. The van der Waals surface area contributed by atoms with E-state index in [2.05, 4.69) is 12.2 Å². The fourth-order valence-electron chi connectivity index (χ4n) is 0.912. The molecule has 0 spiro atoms. The zero-order valence-electron chi connectivity index (χ0n) is 5.09. The van der Waals surface area contributed by atoms with Gasteiger partial charge in [-0.25, -0.2) is 0 Å². The molecule has 1 saturated heterocycles. The van der Waals surface area contributed by atoms with E-state index in [-0.39, 0.29) is 0 Å². The van der Waals surface area contributed by atoms with Crippen molar-refractivity contribution < 1.29 is 5.21 Å². The standard InChI is InChI=1S/C5H12N2O/c1-5-4-7(8)3-2-6-5/h5-6,8H,2-4H2,1H3. The molecule has 0 bridgehead atoms. The van der Waals surface area contributed by atoms with Crippen molar-refractivity contribution in [3.8, 4) is 0 Å². The van der Waals surface area contributed by atoms with Gasteiger partial charge in [0.1, 0.15) is 0 Å². The zero-order valence-corrected chi connectivity index (χ0v) is 5.09. The Hall–Kier alpha value is -0.120. The number of hydrogen-bond donors (Lipinski definition) is 2. The molecule has 8 heavy (non-hydrogen) atoms. The molecule has 1 unspecified atom stereocenters. The first-order chi connectivity index (χ1) is 3.79. The first-order valence-electron chi connectivity index (χ1n) is 2.96. The third kappa shape index (κ3) is 1.43. The second-order valence-corrected chi connectivity index (χ2v) is 2.27. The molecule has 3 heteroatoms. The van der Waals surface area contributed by atoms with Crippen LogP contribution < -0.4 is 5.32 Å². The largest absolute Gasteiger partial charge is 0.314 e. The number of nitrogens with one attached hydrogen (secondary N) is 1. The second-order valence-electron chi connectivity index (χ2n) is 2.27. The molecule has 0 aromatic heterocycles. The van der Waals surface area contributed by atoms with E-state index in [1.807, 2.05) is 0 Å². The minimum absolute atomic E-state index is 0.439. The Morgan fingerprint density at radius 1 is 1.75 bits per heavy atom. The van der Waals surface area contributed by atoms with Gasteiger partial charge in [-0.2, -0.15) is 5.06 Å². The fraction of sp³-hybridized carbons (Fsp3) is 1.00. The summed E-state index contributed by atoms with van der Waals surface area (Å²) >= 11 is 0. The van der Waals surface area contributed by atoms with Crippen molar-refractivity contribution in [1.29, 1.82) is 0 Å². The van der Waals surface area contributed by atoms with Crippen molar-refractivity contribution >= 4 is 0 Å². The van der Waals surface area contributed by atoms with Crippen LogP contribution in [-0.4, -0.2) is 35.9 Å². The Labute approximate surface area is 49.3 Å². The molecular weight excluding hydrogens is 104 g/mol. The first kappa shape index (κ1) is 6.01. The molecule has 2 N–H and O–H groups in total. The lowest BCUT2D eigenvalue weighted by molar-refractivity contribution is -0.106. The number of hydrogen-bond acceptors (Lipinski definition) is 3. The third-order valence-corrected chi connectivity index (χ3v) is 1.35. The average molecular weight is 116 g/mol. The van der Waals surface area contributed by atoms with Crippen molar-refractivity contribution in [2.75, 3.05) is 19.6 Å². The highest BCUT2D eigenvalue weighted by molar-refractivity contribution is 4.68. The van der Waals surface area contributed by atoms with E-state index in [1.165, 1.54) is 5.06 Å². The van der Waals surface area contributed by atoms with Crippen LogP contribution in [0, 0.1) is 0 Å². The predicted molar refractivity (Wildman–Crippen MR) is 30.8 cm³/mol. The van der Waals surface area contributed by atoms with Crippen LogP contribution in [0.5, 0.6) is 0 Å². The molecule has 0 aromatic rings. The number of hydroxylamine groups is 2. The Morgan fingerprint density at radius 3 is 2.88 bits per heavy atom. The summed E-state index contributed by atoms with van der Waals surface area (Å²) in [5.41, 5.74) is 0. The summed E-state index contributed by atoms with van der Waals surface area (Å²) in [7, 11) is 0. The van der Waals surface area contributed by atoms with Gasteiger partial charge in [-0.1, -0.05) is 0 Å². The Bertz CT molecular complexity index is 68.8. The summed E-state index contributed by atoms with van der Waals surface area (Å²) in [6.07, 6.45) is 0. The Balaban J connectivity index is 2.23. The molecule has 1 heterocycles. The number of piperazine rings is 1. The van der Waals surface area contributed by atoms with Gasteiger partial charge in [0.25, 0.3) is 0 Å². The SMILES string of the molecule is CC1CN(O)CCN1. The predicted octanol–water partition coefficient (Wildman–Crippen LogP) is -0.331. The van der Waals surface area contributed by atoms with E-state index in [0.29, 0.717) is 6.04 Å². The smallest absolute Gasteiger partial charge is 0.0390 e. The summed E-state index contributed by atoms with van der Waals surface area (Å²) in [6, 6.07) is 0.439. The van der Waals surface area contributed by atoms with E-state index >= 15 is 0 Å². The topological polar surface area (TPSA) is 35.5 Å². The van der Waals surface area contributed by atoms with Gasteiger partial charge in [0, 0.05) is 25.7 Å². The molecule has 0 aromatic carbocycles. The van der Waals surface area contributed by atoms with Crippen molar-refractivity contribution in [3.05, 3.63) is 0 Å². The van der Waals surface area contributed by atoms with Gasteiger partial charge in [-0.15, -0.1) is 0 Å². The lowest BCUT2D eigenvalue weighted by atomic mass is 10.3. The summed E-state index contributed by atoms with van der Waals surface area (Å²) in [5.74, 6) is 0. The lowest BCUT2D eigenvalue weighted by Gasteiger charge is -2.26. The zero-order chi connectivity index (χ0) is 5.98. The molecule has 0 aliphatic carbocycles. The third-order valence-electron chi connectivity index (χ3n) is 1.35. The number of nitrogens with zero attached hydrogens (tertiary/aromatic N) is 1. The molecule has 1 aliphatic heterocycles. The van der Waals surface area contributed by atoms with Gasteiger partial charge < -0.3 is 10.5 Å². The van der Waals surface area contributed by atoms with Crippen LogP contribution in [0.15, 0.2) is 0 Å². The summed E-state index contributed by atoms with van der Waals surface area (Å²) in [4.78, 5) is 0. The Kier molecular flexibility index (Phi) is 1.83. The highest BCUT2D eigenvalue weighted by Crippen LogP contribution is 1.92. The van der Waals surface area contributed by atoms with E-state index < -0.39 is 0 Å². The van der Waals surface area contributed by atoms with Gasteiger partial charge >= 0.3 is 0 Å². The van der Waals surface area contributed by atoms with Gasteiger partial charge in [0.05, 0.1) is 0 Å². The number of rotatable bonds is 0. The molecule has 48 valence electrons. The van der Waals surface area contributed by atoms with Crippen LogP contribution >= 0.6 is 0 Å². The van der Waals surface area contributed by atoms with Gasteiger partial charge in [0.2, 0.25) is 0 Å². The van der Waals surface area contributed by atoms with Gasteiger partial charge in [-0.3, -0.25) is 0 Å².